The summed E-state index contributed by atoms with van der Waals surface area (Å²) in [6, 6.07) is 0. The quantitative estimate of drug-likeness (QED) is 0.626. The predicted octanol–water partition coefficient (Wildman–Crippen LogP) is -0.156. The highest BCUT2D eigenvalue weighted by atomic mass is 16.6. The fourth-order valence-electron chi connectivity index (χ4n) is 2.69. The number of unbranched alkanes of at least 4 members (excludes halogenated alkanes) is 1. The van der Waals surface area contributed by atoms with Gasteiger partial charge < -0.3 is 25.4 Å². The van der Waals surface area contributed by atoms with Crippen LogP contribution in [0.1, 0.15) is 26.0 Å². The largest absolute Gasteiger partial charge is 0.394 e. The number of hydrogen-bond acceptors (Lipinski definition) is 8. The number of aromatic nitrogens is 4. The number of anilines is 1. The molecule has 1 fully saturated rings. The highest BCUT2D eigenvalue weighted by Gasteiger charge is 2.45. The van der Waals surface area contributed by atoms with Gasteiger partial charge in [-0.3, -0.25) is 4.57 Å². The van der Waals surface area contributed by atoms with Crippen LogP contribution in [0.3, 0.4) is 0 Å². The predicted molar refractivity (Wildman–Crippen MR) is 81.4 cm³/mol. The van der Waals surface area contributed by atoms with Crippen LogP contribution >= 0.6 is 0 Å². The maximum atomic E-state index is 10.3. The van der Waals surface area contributed by atoms with Crippen molar-refractivity contribution in [1.29, 1.82) is 0 Å². The van der Waals surface area contributed by atoms with Crippen molar-refractivity contribution in [3.63, 3.8) is 0 Å². The van der Waals surface area contributed by atoms with Gasteiger partial charge in [0.2, 0.25) is 0 Å². The molecule has 9 nitrogen and oxygen atoms in total. The van der Waals surface area contributed by atoms with Gasteiger partial charge in [-0.25, -0.2) is 15.0 Å². The zero-order chi connectivity index (χ0) is 16.4. The summed E-state index contributed by atoms with van der Waals surface area (Å²) in [6.45, 7) is 2.26. The number of hydrogen-bond donors (Lipinski definition) is 3. The fraction of sp³-hybridized carbons (Fsp3) is 0.643. The van der Waals surface area contributed by atoms with Crippen LogP contribution in [-0.4, -0.2) is 61.3 Å². The van der Waals surface area contributed by atoms with Gasteiger partial charge in [-0.1, -0.05) is 13.3 Å². The zero-order valence-electron chi connectivity index (χ0n) is 12.9. The minimum atomic E-state index is -0.932. The Kier molecular flexibility index (Phi) is 4.71. The summed E-state index contributed by atoms with van der Waals surface area (Å²) >= 11 is 0. The van der Waals surface area contributed by atoms with E-state index in [1.165, 1.54) is 12.7 Å². The fourth-order valence-corrected chi connectivity index (χ4v) is 2.69. The number of fused-ring (bicyclic) bond motifs is 1. The van der Waals surface area contributed by atoms with Crippen LogP contribution in [0.5, 0.6) is 0 Å². The molecule has 2 aromatic heterocycles. The van der Waals surface area contributed by atoms with E-state index in [-0.39, 0.29) is 12.4 Å². The molecule has 126 valence electrons. The third kappa shape index (κ3) is 2.88. The van der Waals surface area contributed by atoms with Gasteiger partial charge in [-0.15, -0.1) is 0 Å². The highest BCUT2D eigenvalue weighted by molar-refractivity contribution is 5.81. The van der Waals surface area contributed by atoms with Crippen molar-refractivity contribution >= 4 is 17.0 Å². The topological polar surface area (TPSA) is 129 Å². The van der Waals surface area contributed by atoms with Gasteiger partial charge >= 0.3 is 0 Å². The summed E-state index contributed by atoms with van der Waals surface area (Å²) in [5, 5.41) is 19.7. The Balaban J connectivity index is 1.92. The third-order valence-corrected chi connectivity index (χ3v) is 3.96. The van der Waals surface area contributed by atoms with E-state index < -0.39 is 24.5 Å². The van der Waals surface area contributed by atoms with Gasteiger partial charge in [0.15, 0.2) is 17.7 Å². The molecule has 0 saturated carbocycles. The van der Waals surface area contributed by atoms with E-state index in [0.29, 0.717) is 17.8 Å². The minimum Gasteiger partial charge on any atom is -0.394 e. The molecule has 0 spiro atoms. The van der Waals surface area contributed by atoms with Crippen LogP contribution in [0.25, 0.3) is 11.2 Å². The smallest absolute Gasteiger partial charge is 0.167 e. The van der Waals surface area contributed by atoms with Crippen molar-refractivity contribution in [1.82, 2.24) is 19.5 Å². The monoisotopic (exact) mass is 323 g/mol. The molecule has 4 N–H and O–H groups in total. The number of nitrogens with zero attached hydrogens (tertiary/aromatic N) is 4. The minimum absolute atomic E-state index is 0.273. The van der Waals surface area contributed by atoms with E-state index >= 15 is 0 Å². The van der Waals surface area contributed by atoms with Crippen LogP contribution in [0, 0.1) is 0 Å². The van der Waals surface area contributed by atoms with Crippen molar-refractivity contribution < 1.29 is 19.7 Å². The van der Waals surface area contributed by atoms with Gasteiger partial charge in [0, 0.05) is 6.61 Å². The lowest BCUT2D eigenvalue weighted by atomic mass is 10.1. The summed E-state index contributed by atoms with van der Waals surface area (Å²) in [4.78, 5) is 12.3. The molecular weight excluding hydrogens is 302 g/mol. The molecule has 3 heterocycles. The Morgan fingerprint density at radius 3 is 2.96 bits per heavy atom. The average molecular weight is 323 g/mol. The van der Waals surface area contributed by atoms with Gasteiger partial charge in [-0.05, 0) is 6.42 Å². The lowest BCUT2D eigenvalue weighted by Crippen LogP contribution is -2.35. The first kappa shape index (κ1) is 16.1. The van der Waals surface area contributed by atoms with Crippen molar-refractivity contribution in [2.24, 2.45) is 0 Å². The van der Waals surface area contributed by atoms with Crippen LogP contribution in [-0.2, 0) is 9.47 Å². The van der Waals surface area contributed by atoms with Gasteiger partial charge in [0.25, 0.3) is 0 Å². The lowest BCUT2D eigenvalue weighted by Gasteiger charge is -2.22. The second kappa shape index (κ2) is 6.75. The SMILES string of the molecule is CCCCOC1C(O)[C@@H](CO)O[C@H]1n1cnc2c(N)ncnc21. The molecule has 0 radical (unpaired) electrons. The summed E-state index contributed by atoms with van der Waals surface area (Å²) in [5.74, 6) is 0.273. The van der Waals surface area contributed by atoms with E-state index in [2.05, 4.69) is 21.9 Å². The Labute approximate surface area is 133 Å². The number of ether oxygens (including phenoxy) is 2. The normalized spacial score (nSPS) is 27.8. The maximum Gasteiger partial charge on any atom is 0.167 e. The van der Waals surface area contributed by atoms with E-state index in [4.69, 9.17) is 15.2 Å². The standard InChI is InChI=1S/C14H21N5O4/c1-2-3-4-22-11-10(21)8(5-20)23-14(11)19-7-18-9-12(15)16-6-17-13(9)19/h6-8,10-11,14,20-21H,2-5H2,1H3,(H2,15,16,17)/t8-,10?,11?,14-/m1/s1. The Hall–Kier alpha value is -1.81. The number of rotatable bonds is 6. The molecule has 0 amide bonds. The van der Waals surface area contributed by atoms with Crippen LogP contribution in [0.15, 0.2) is 12.7 Å². The second-order valence-electron chi connectivity index (χ2n) is 5.51. The molecular formula is C14H21N5O4. The molecule has 23 heavy (non-hydrogen) atoms. The van der Waals surface area contributed by atoms with E-state index in [9.17, 15) is 10.2 Å². The summed E-state index contributed by atoms with van der Waals surface area (Å²) in [5.41, 5.74) is 6.75. The van der Waals surface area contributed by atoms with Crippen LogP contribution in [0.4, 0.5) is 5.82 Å². The second-order valence-corrected chi connectivity index (χ2v) is 5.51. The van der Waals surface area contributed by atoms with Gasteiger partial charge in [-0.2, -0.15) is 0 Å². The van der Waals surface area contributed by atoms with Crippen molar-refractivity contribution in [2.45, 2.75) is 44.3 Å². The van der Waals surface area contributed by atoms with Crippen molar-refractivity contribution in [2.75, 3.05) is 18.9 Å². The molecule has 1 saturated heterocycles. The highest BCUT2D eigenvalue weighted by Crippen LogP contribution is 2.33. The van der Waals surface area contributed by atoms with Crippen LogP contribution in [0.2, 0.25) is 0 Å². The lowest BCUT2D eigenvalue weighted by molar-refractivity contribution is -0.0709. The molecule has 4 atom stereocenters. The molecule has 1 aliphatic rings. The molecule has 0 aromatic carbocycles. The molecule has 3 rings (SSSR count). The molecule has 2 aromatic rings. The Bertz CT molecular complexity index is 664. The number of nitrogen functional groups attached to an aromatic ring is 1. The van der Waals surface area contributed by atoms with Crippen LogP contribution < -0.4 is 5.73 Å². The molecule has 0 aliphatic carbocycles. The van der Waals surface area contributed by atoms with Gasteiger partial charge in [0.1, 0.15) is 30.2 Å². The zero-order valence-corrected chi connectivity index (χ0v) is 12.9. The number of aliphatic hydroxyl groups is 2. The molecule has 0 bridgehead atoms. The number of aliphatic hydroxyl groups excluding tert-OH is 2. The Morgan fingerprint density at radius 2 is 2.22 bits per heavy atom. The first-order valence-electron chi connectivity index (χ1n) is 7.66. The van der Waals surface area contributed by atoms with E-state index in [0.717, 1.165) is 12.8 Å². The molecule has 1 aliphatic heterocycles. The van der Waals surface area contributed by atoms with Crippen molar-refractivity contribution in [3.8, 4) is 0 Å². The Morgan fingerprint density at radius 1 is 1.39 bits per heavy atom. The molecule has 2 unspecified atom stereocenters. The summed E-state index contributed by atoms with van der Waals surface area (Å²) in [6.07, 6.45) is 1.82. The van der Waals surface area contributed by atoms with Gasteiger partial charge in [0.05, 0.1) is 12.9 Å². The van der Waals surface area contributed by atoms with E-state index in [1.807, 2.05) is 0 Å². The third-order valence-electron chi connectivity index (χ3n) is 3.96. The average Bonchev–Trinajstić information content (AvgIpc) is 3.10. The first-order chi connectivity index (χ1) is 11.2. The van der Waals surface area contributed by atoms with Crippen molar-refractivity contribution in [3.05, 3.63) is 12.7 Å². The first-order valence-corrected chi connectivity index (χ1v) is 7.66. The summed E-state index contributed by atoms with van der Waals surface area (Å²) in [7, 11) is 0. The van der Waals surface area contributed by atoms with E-state index in [1.54, 1.807) is 4.57 Å². The molecule has 9 heteroatoms. The maximum absolute atomic E-state index is 10.3. The summed E-state index contributed by atoms with van der Waals surface area (Å²) < 4.78 is 13.2. The number of imidazole rings is 1. The number of nitrogens with two attached hydrogens (primary N) is 1.